The average Bonchev–Trinajstić information content (AvgIpc) is 2.69. The molecule has 0 aliphatic heterocycles. The van der Waals surface area contributed by atoms with Crippen LogP contribution in [0.4, 0.5) is 25.2 Å². The third kappa shape index (κ3) is 11.2. The molecule has 0 aliphatic rings. The van der Waals surface area contributed by atoms with Gasteiger partial charge < -0.3 is 4.74 Å². The van der Waals surface area contributed by atoms with Gasteiger partial charge in [-0.2, -0.15) is 0 Å². The Morgan fingerprint density at radius 3 is 1.42 bits per heavy atom. The van der Waals surface area contributed by atoms with E-state index in [-0.39, 0.29) is 0 Å². The van der Waals surface area contributed by atoms with Crippen molar-refractivity contribution in [3.05, 3.63) is 84.9 Å². The van der Waals surface area contributed by atoms with Crippen molar-refractivity contribution >= 4 is 31.6 Å². The third-order valence-corrected chi connectivity index (χ3v) is 6.77. The quantitative estimate of drug-likeness (QED) is 0.191. The van der Waals surface area contributed by atoms with Gasteiger partial charge in [0.2, 0.25) is 0 Å². The fourth-order valence-corrected chi connectivity index (χ4v) is 5.31. The topological polar surface area (TPSA) is 9.23 Å². The van der Waals surface area contributed by atoms with Crippen LogP contribution in [-0.4, -0.2) is 6.61 Å². The molecule has 3 rings (SSSR count). The molecule has 0 heterocycles. The second kappa shape index (κ2) is 9.58. The summed E-state index contributed by atoms with van der Waals surface area (Å²) in [5.74, 6) is 0.967. The van der Waals surface area contributed by atoms with E-state index in [1.54, 1.807) is 0 Å². The summed E-state index contributed by atoms with van der Waals surface area (Å²) in [4.78, 5) is 0. The van der Waals surface area contributed by atoms with Crippen LogP contribution in [0.3, 0.4) is 0 Å². The van der Waals surface area contributed by atoms with Crippen molar-refractivity contribution in [3.63, 3.8) is 0 Å². The maximum atomic E-state index is 9.87. The summed E-state index contributed by atoms with van der Waals surface area (Å²) in [5.41, 5.74) is 0. The minimum absolute atomic E-state index is 0.797. The Morgan fingerprint density at radius 2 is 1.03 bits per heavy atom. The fourth-order valence-electron chi connectivity index (χ4n) is 2.76. The van der Waals surface area contributed by atoms with Gasteiger partial charge in [-0.3, -0.25) is 0 Å². The predicted molar refractivity (Wildman–Crippen MR) is 121 cm³/mol. The number of unbranched alkanes of at least 4 members (excludes halogenated alkanes) is 1. The SMILES string of the molecule is CCCCOc1ccc([PH+](c2ccccc2)c2ccccc2)cc1.F[P-](F)(F)(F)(F)F. The molecule has 31 heavy (non-hydrogen) atoms. The summed E-state index contributed by atoms with van der Waals surface area (Å²) < 4.78 is 65.0. The summed E-state index contributed by atoms with van der Waals surface area (Å²) >= 11 is 0. The molecule has 0 aliphatic carbocycles. The van der Waals surface area contributed by atoms with Gasteiger partial charge in [0, 0.05) is 0 Å². The molecule has 0 bridgehead atoms. The van der Waals surface area contributed by atoms with Gasteiger partial charge in [-0.1, -0.05) is 49.7 Å². The van der Waals surface area contributed by atoms with E-state index < -0.39 is 15.7 Å². The van der Waals surface area contributed by atoms with E-state index in [9.17, 15) is 25.2 Å². The van der Waals surface area contributed by atoms with Crippen LogP contribution in [0.1, 0.15) is 19.8 Å². The number of ether oxygens (including phenoxy) is 1. The molecule has 1 nitrogen and oxygen atoms in total. The van der Waals surface area contributed by atoms with Crippen molar-refractivity contribution in [3.8, 4) is 5.75 Å². The van der Waals surface area contributed by atoms with E-state index in [2.05, 4.69) is 91.9 Å². The Bertz CT molecular complexity index is 880. The van der Waals surface area contributed by atoms with E-state index >= 15 is 0 Å². The molecular formula is C22H24F6OP2. The maximum absolute atomic E-state index is 10.7. The van der Waals surface area contributed by atoms with Gasteiger partial charge in [0.25, 0.3) is 0 Å². The van der Waals surface area contributed by atoms with Crippen molar-refractivity contribution < 1.29 is 29.9 Å². The zero-order chi connectivity index (χ0) is 23.0. The first-order valence-electron chi connectivity index (χ1n) is 9.61. The standard InChI is InChI=1S/C22H23OP.F6P/c1-2-3-18-23-19-14-16-22(17-15-19)24(20-10-6-4-7-11-20)21-12-8-5-9-13-21;1-7(2,3,4,5)6/h4-17H,2-3,18H2,1H3;/q;-1/p+1. The number of rotatable bonds is 7. The number of hydrogen-bond acceptors (Lipinski definition) is 1. The van der Waals surface area contributed by atoms with Gasteiger partial charge in [0.05, 0.1) is 14.5 Å². The fraction of sp³-hybridized carbons (Fsp3) is 0.182. The molecule has 0 radical (unpaired) electrons. The summed E-state index contributed by atoms with van der Waals surface area (Å²) in [7, 11) is -11.6. The summed E-state index contributed by atoms with van der Waals surface area (Å²) in [5, 5.41) is 4.21. The van der Waals surface area contributed by atoms with Crippen molar-refractivity contribution in [2.24, 2.45) is 0 Å². The van der Waals surface area contributed by atoms with Gasteiger partial charge in [-0.05, 0) is 55.0 Å². The normalized spacial score (nSPS) is 13.5. The van der Waals surface area contributed by atoms with E-state index in [0.717, 1.165) is 25.2 Å². The van der Waals surface area contributed by atoms with Gasteiger partial charge in [-0.15, -0.1) is 0 Å². The number of halogens is 6. The van der Waals surface area contributed by atoms with Crippen LogP contribution in [-0.2, 0) is 0 Å². The molecule has 9 heteroatoms. The first kappa shape index (κ1) is 25.2. The van der Waals surface area contributed by atoms with Crippen molar-refractivity contribution in [1.29, 1.82) is 0 Å². The Morgan fingerprint density at radius 1 is 0.645 bits per heavy atom. The molecule has 170 valence electrons. The molecule has 0 fully saturated rings. The first-order valence-corrected chi connectivity index (χ1v) is 13.1. The number of benzene rings is 3. The second-order valence-electron chi connectivity index (χ2n) is 6.79. The van der Waals surface area contributed by atoms with Crippen LogP contribution in [0, 0.1) is 0 Å². The molecular weight excluding hydrogens is 456 g/mol. The average molecular weight is 480 g/mol. The third-order valence-electron chi connectivity index (χ3n) is 4.03. The summed E-state index contributed by atoms with van der Waals surface area (Å²) in [6.45, 7) is 2.98. The van der Waals surface area contributed by atoms with Crippen LogP contribution in [0.25, 0.3) is 0 Å². The van der Waals surface area contributed by atoms with Gasteiger partial charge in [0.1, 0.15) is 21.7 Å². The van der Waals surface area contributed by atoms with Crippen LogP contribution < -0.4 is 20.7 Å². The van der Waals surface area contributed by atoms with Crippen LogP contribution in [0.2, 0.25) is 0 Å². The van der Waals surface area contributed by atoms with E-state index in [1.165, 1.54) is 15.9 Å². The summed E-state index contributed by atoms with van der Waals surface area (Å²) in [6.07, 6.45) is 2.26. The zero-order valence-electron chi connectivity index (χ0n) is 16.8. The first-order chi connectivity index (χ1) is 14.3. The van der Waals surface area contributed by atoms with Gasteiger partial charge in [0.15, 0.2) is 0 Å². The molecule has 0 unspecified atom stereocenters. The predicted octanol–water partition coefficient (Wildman–Crippen LogP) is 7.74. The molecule has 0 atom stereocenters. The molecule has 0 amide bonds. The molecule has 0 saturated heterocycles. The van der Waals surface area contributed by atoms with Crippen molar-refractivity contribution in [2.75, 3.05) is 6.61 Å². The van der Waals surface area contributed by atoms with E-state index in [0.29, 0.717) is 0 Å². The van der Waals surface area contributed by atoms with Crippen LogP contribution in [0.15, 0.2) is 84.9 Å². The van der Waals surface area contributed by atoms with Crippen LogP contribution in [0.5, 0.6) is 5.75 Å². The minimum atomic E-state index is -10.7. The van der Waals surface area contributed by atoms with Gasteiger partial charge in [-0.25, -0.2) is 0 Å². The molecule has 0 saturated carbocycles. The molecule has 0 N–H and O–H groups in total. The summed E-state index contributed by atoms with van der Waals surface area (Å²) in [6, 6.07) is 30.3. The number of hydrogen-bond donors (Lipinski definition) is 0. The zero-order valence-corrected chi connectivity index (χ0v) is 18.7. The Balaban J connectivity index is 0.000000423. The van der Waals surface area contributed by atoms with Crippen LogP contribution >= 0.6 is 15.7 Å². The molecule has 3 aromatic rings. The van der Waals surface area contributed by atoms with Gasteiger partial charge >= 0.3 is 33.0 Å². The monoisotopic (exact) mass is 480 g/mol. The Kier molecular flexibility index (Phi) is 7.78. The Hall–Kier alpha value is -2.10. The van der Waals surface area contributed by atoms with Crippen molar-refractivity contribution in [2.45, 2.75) is 19.8 Å². The molecule has 0 spiro atoms. The second-order valence-corrected chi connectivity index (χ2v) is 11.2. The van der Waals surface area contributed by atoms with E-state index in [1.807, 2.05) is 0 Å². The Labute approximate surface area is 179 Å². The van der Waals surface area contributed by atoms with Crippen molar-refractivity contribution in [1.82, 2.24) is 0 Å². The molecule has 0 aromatic heterocycles. The molecule has 3 aromatic carbocycles. The van der Waals surface area contributed by atoms with E-state index in [4.69, 9.17) is 4.74 Å².